The van der Waals surface area contributed by atoms with Gasteiger partial charge in [-0.05, 0) is 24.3 Å². The van der Waals surface area contributed by atoms with Crippen LogP contribution in [-0.4, -0.2) is 18.9 Å². The molecule has 0 atom stereocenters. The number of carbonyl (C=O) groups is 2. The third-order valence-electron chi connectivity index (χ3n) is 3.62. The number of Topliss-reactive ketones (excluding diaryl/α,β-unsaturated/α-hetero) is 1. The smallest absolute Gasteiger partial charge is 0.379 e. The van der Waals surface area contributed by atoms with E-state index in [1.165, 1.54) is 44.8 Å². The van der Waals surface area contributed by atoms with Crippen molar-refractivity contribution in [2.45, 2.75) is 38.0 Å². The van der Waals surface area contributed by atoms with Crippen molar-refractivity contribution < 1.29 is 14.3 Å². The summed E-state index contributed by atoms with van der Waals surface area (Å²) in [5, 5.41) is 0. The highest BCUT2D eigenvalue weighted by Crippen LogP contribution is 2.32. The van der Waals surface area contributed by atoms with Gasteiger partial charge in [0.15, 0.2) is 0 Å². The zero-order valence-corrected chi connectivity index (χ0v) is 10.6. The first-order valence-corrected chi connectivity index (χ1v) is 6.45. The van der Waals surface area contributed by atoms with Gasteiger partial charge >= 0.3 is 5.97 Å². The minimum absolute atomic E-state index is 0.404. The summed E-state index contributed by atoms with van der Waals surface area (Å²) in [5.41, 5.74) is 1.68. The van der Waals surface area contributed by atoms with Crippen LogP contribution in [0.2, 0.25) is 0 Å². The number of benzene rings is 1. The molecule has 0 N–H and O–H groups in total. The predicted molar refractivity (Wildman–Crippen MR) is 68.6 cm³/mol. The average molecular weight is 246 g/mol. The normalized spacial score (nSPS) is 16.3. The van der Waals surface area contributed by atoms with Crippen molar-refractivity contribution >= 4 is 11.8 Å². The molecule has 0 aliphatic heterocycles. The van der Waals surface area contributed by atoms with Crippen LogP contribution in [0, 0.1) is 0 Å². The maximum atomic E-state index is 11.6. The topological polar surface area (TPSA) is 43.4 Å². The molecule has 1 aliphatic carbocycles. The maximum absolute atomic E-state index is 11.6. The summed E-state index contributed by atoms with van der Waals surface area (Å²) in [6, 6.07) is 7.38. The summed E-state index contributed by atoms with van der Waals surface area (Å²) < 4.78 is 4.42. The standard InChI is InChI=1S/C15H18O3/c1-18-15(17)14(16)13-9-7-12(8-10-13)11-5-3-2-4-6-11/h7-11H,2-6H2,1H3. The summed E-state index contributed by atoms with van der Waals surface area (Å²) in [6.45, 7) is 0. The first kappa shape index (κ1) is 12.8. The summed E-state index contributed by atoms with van der Waals surface area (Å²) in [7, 11) is 1.22. The lowest BCUT2D eigenvalue weighted by atomic mass is 9.84. The molecule has 1 aliphatic rings. The molecule has 3 nitrogen and oxygen atoms in total. The molecule has 0 aromatic heterocycles. The zero-order chi connectivity index (χ0) is 13.0. The first-order chi connectivity index (χ1) is 8.72. The van der Waals surface area contributed by atoms with Gasteiger partial charge < -0.3 is 4.74 Å². The zero-order valence-electron chi connectivity index (χ0n) is 10.6. The van der Waals surface area contributed by atoms with Crippen LogP contribution in [-0.2, 0) is 9.53 Å². The highest BCUT2D eigenvalue weighted by molar-refractivity contribution is 6.40. The number of hydrogen-bond donors (Lipinski definition) is 0. The second-order valence-electron chi connectivity index (χ2n) is 4.78. The Labute approximate surface area is 107 Å². The van der Waals surface area contributed by atoms with Crippen molar-refractivity contribution in [3.8, 4) is 0 Å². The monoisotopic (exact) mass is 246 g/mol. The number of ether oxygens (including phenoxy) is 1. The molecule has 96 valence electrons. The second-order valence-corrected chi connectivity index (χ2v) is 4.78. The lowest BCUT2D eigenvalue weighted by Gasteiger charge is -2.21. The van der Waals surface area contributed by atoms with E-state index in [0.717, 1.165) is 0 Å². The molecule has 2 rings (SSSR count). The molecule has 1 saturated carbocycles. The van der Waals surface area contributed by atoms with Gasteiger partial charge in [-0.1, -0.05) is 43.5 Å². The van der Waals surface area contributed by atoms with Gasteiger partial charge in [-0.3, -0.25) is 4.79 Å². The van der Waals surface area contributed by atoms with Crippen molar-refractivity contribution in [1.29, 1.82) is 0 Å². The molecular formula is C15H18O3. The Balaban J connectivity index is 2.09. The van der Waals surface area contributed by atoms with Gasteiger partial charge in [-0.25, -0.2) is 4.79 Å². The average Bonchev–Trinajstić information content (AvgIpc) is 2.47. The van der Waals surface area contributed by atoms with E-state index >= 15 is 0 Å². The molecule has 0 amide bonds. The Morgan fingerprint density at radius 2 is 1.67 bits per heavy atom. The van der Waals surface area contributed by atoms with Gasteiger partial charge in [0, 0.05) is 5.56 Å². The molecule has 18 heavy (non-hydrogen) atoms. The summed E-state index contributed by atoms with van der Waals surface area (Å²) in [6.07, 6.45) is 6.35. The van der Waals surface area contributed by atoms with Crippen LogP contribution in [0.1, 0.15) is 53.9 Å². The van der Waals surface area contributed by atoms with Crippen molar-refractivity contribution in [2.75, 3.05) is 7.11 Å². The van der Waals surface area contributed by atoms with E-state index in [9.17, 15) is 9.59 Å². The van der Waals surface area contributed by atoms with Crippen LogP contribution in [0.25, 0.3) is 0 Å². The third kappa shape index (κ3) is 2.78. The van der Waals surface area contributed by atoms with Crippen molar-refractivity contribution in [3.05, 3.63) is 35.4 Å². The molecule has 0 heterocycles. The largest absolute Gasteiger partial charge is 0.463 e. The van der Waals surface area contributed by atoms with Crippen molar-refractivity contribution in [2.24, 2.45) is 0 Å². The number of ketones is 1. The van der Waals surface area contributed by atoms with Crippen LogP contribution in [0.4, 0.5) is 0 Å². The van der Waals surface area contributed by atoms with E-state index in [1.807, 2.05) is 12.1 Å². The molecule has 1 aromatic rings. The van der Waals surface area contributed by atoms with Crippen molar-refractivity contribution in [1.82, 2.24) is 0 Å². The van der Waals surface area contributed by atoms with E-state index < -0.39 is 11.8 Å². The molecule has 1 aromatic carbocycles. The molecule has 0 spiro atoms. The van der Waals surface area contributed by atoms with Crippen LogP contribution < -0.4 is 0 Å². The van der Waals surface area contributed by atoms with Gasteiger partial charge in [0.1, 0.15) is 0 Å². The first-order valence-electron chi connectivity index (χ1n) is 6.45. The Hall–Kier alpha value is -1.64. The van der Waals surface area contributed by atoms with Gasteiger partial charge in [-0.2, -0.15) is 0 Å². The molecule has 0 radical (unpaired) electrons. The number of rotatable bonds is 3. The van der Waals surface area contributed by atoms with E-state index in [-0.39, 0.29) is 0 Å². The Morgan fingerprint density at radius 1 is 1.06 bits per heavy atom. The highest BCUT2D eigenvalue weighted by atomic mass is 16.5. The van der Waals surface area contributed by atoms with Gasteiger partial charge in [0.2, 0.25) is 0 Å². The summed E-state index contributed by atoms with van der Waals surface area (Å²) in [4.78, 5) is 22.7. The summed E-state index contributed by atoms with van der Waals surface area (Å²) >= 11 is 0. The third-order valence-corrected chi connectivity index (χ3v) is 3.62. The fourth-order valence-electron chi connectivity index (χ4n) is 2.55. The summed E-state index contributed by atoms with van der Waals surface area (Å²) in [5.74, 6) is -0.769. The van der Waals surface area contributed by atoms with E-state index in [0.29, 0.717) is 11.5 Å². The number of hydrogen-bond acceptors (Lipinski definition) is 3. The minimum atomic E-state index is -0.805. The molecular weight excluding hydrogens is 228 g/mol. The van der Waals surface area contributed by atoms with Gasteiger partial charge in [0.25, 0.3) is 5.78 Å². The minimum Gasteiger partial charge on any atom is -0.463 e. The van der Waals surface area contributed by atoms with E-state index in [4.69, 9.17) is 0 Å². The number of carbonyl (C=O) groups excluding carboxylic acids is 2. The molecule has 0 bridgehead atoms. The molecule has 0 unspecified atom stereocenters. The SMILES string of the molecule is COC(=O)C(=O)c1ccc(C2CCCCC2)cc1. The van der Waals surface area contributed by atoms with Crippen LogP contribution in [0.3, 0.4) is 0 Å². The van der Waals surface area contributed by atoms with Crippen LogP contribution in [0.15, 0.2) is 24.3 Å². The molecule has 1 fully saturated rings. The second kappa shape index (κ2) is 5.80. The fourth-order valence-corrected chi connectivity index (χ4v) is 2.55. The molecule has 0 saturated heterocycles. The predicted octanol–water partition coefficient (Wildman–Crippen LogP) is 3.09. The number of methoxy groups -OCH3 is 1. The van der Waals surface area contributed by atoms with Gasteiger partial charge in [0.05, 0.1) is 7.11 Å². The fraction of sp³-hybridized carbons (Fsp3) is 0.467. The number of esters is 1. The van der Waals surface area contributed by atoms with Crippen LogP contribution in [0.5, 0.6) is 0 Å². The molecule has 3 heteroatoms. The Kier molecular flexibility index (Phi) is 4.13. The van der Waals surface area contributed by atoms with E-state index in [2.05, 4.69) is 4.74 Å². The van der Waals surface area contributed by atoms with Crippen molar-refractivity contribution in [3.63, 3.8) is 0 Å². The highest BCUT2D eigenvalue weighted by Gasteiger charge is 2.18. The van der Waals surface area contributed by atoms with Crippen LogP contribution >= 0.6 is 0 Å². The van der Waals surface area contributed by atoms with E-state index in [1.54, 1.807) is 12.1 Å². The lowest BCUT2D eigenvalue weighted by Crippen LogP contribution is -2.15. The van der Waals surface area contributed by atoms with Gasteiger partial charge in [-0.15, -0.1) is 0 Å². The lowest BCUT2D eigenvalue weighted by molar-refractivity contribution is -0.135. The quantitative estimate of drug-likeness (QED) is 0.467. The Morgan fingerprint density at radius 3 is 2.22 bits per heavy atom. The Bertz CT molecular complexity index is 428. The maximum Gasteiger partial charge on any atom is 0.379 e.